The Morgan fingerprint density at radius 1 is 0.690 bits per heavy atom. The molecular weight excluding hydrogens is 360 g/mol. The van der Waals surface area contributed by atoms with Crippen LogP contribution in [-0.4, -0.2) is 0 Å². The second-order valence-corrected chi connectivity index (χ2v) is 6.42. The van der Waals surface area contributed by atoms with E-state index in [0.717, 1.165) is 28.1 Å². The maximum absolute atomic E-state index is 5.74. The summed E-state index contributed by atoms with van der Waals surface area (Å²) < 4.78 is 0. The van der Waals surface area contributed by atoms with Gasteiger partial charge in [-0.2, -0.15) is 0 Å². The molecule has 3 aromatic carbocycles. The predicted molar refractivity (Wildman–Crippen MR) is 117 cm³/mol. The number of nitrogens with one attached hydrogen (secondary N) is 2. The van der Waals surface area contributed by atoms with Crippen molar-refractivity contribution in [1.29, 1.82) is 0 Å². The number of benzene rings is 3. The van der Waals surface area contributed by atoms with Crippen molar-refractivity contribution in [3.63, 3.8) is 0 Å². The molecule has 148 valence electrons. The van der Waals surface area contributed by atoms with Crippen LogP contribution in [-0.2, 0) is 22.9 Å². The van der Waals surface area contributed by atoms with Crippen molar-refractivity contribution < 1.29 is 9.68 Å². The summed E-state index contributed by atoms with van der Waals surface area (Å²) in [5, 5.41) is 0. The Hall–Kier alpha value is -3.34. The molecule has 0 radical (unpaired) electrons. The molecule has 2 N–H and O–H groups in total. The minimum absolute atomic E-state index is 0.466. The average molecular weight is 386 g/mol. The van der Waals surface area contributed by atoms with Gasteiger partial charge in [-0.3, -0.25) is 20.6 Å². The molecule has 3 aromatic rings. The molecule has 4 nitrogen and oxygen atoms in total. The third-order valence-electron chi connectivity index (χ3n) is 4.23. The zero-order chi connectivity index (χ0) is 20.2. The number of allylic oxidation sites excluding steroid dienone is 2. The van der Waals surface area contributed by atoms with E-state index in [1.165, 1.54) is 0 Å². The molecule has 0 aliphatic carbocycles. The van der Waals surface area contributed by atoms with Gasteiger partial charge in [0.2, 0.25) is 0 Å². The standard InChI is InChI=1S/C25H26N2O2/c1-2-24(26-28-19-21-12-6-3-7-13-21)18-25(23-16-10-5-11-17-23)27-29-20-22-14-8-4-9-15-22/h2-18,26-27H,19-20H2,1H3. The van der Waals surface area contributed by atoms with E-state index in [9.17, 15) is 0 Å². The van der Waals surface area contributed by atoms with Crippen molar-refractivity contribution >= 4 is 5.70 Å². The normalized spacial score (nSPS) is 11.9. The Bertz CT molecular complexity index is 907. The fourth-order valence-corrected chi connectivity index (χ4v) is 2.67. The first-order chi connectivity index (χ1) is 14.3. The lowest BCUT2D eigenvalue weighted by Gasteiger charge is -2.14. The highest BCUT2D eigenvalue weighted by molar-refractivity contribution is 5.65. The quantitative estimate of drug-likeness (QED) is 0.363. The van der Waals surface area contributed by atoms with Crippen LogP contribution in [0.5, 0.6) is 0 Å². The van der Waals surface area contributed by atoms with Crippen LogP contribution >= 0.6 is 0 Å². The molecule has 4 heteroatoms. The van der Waals surface area contributed by atoms with Crippen LogP contribution in [0.2, 0.25) is 0 Å². The Kier molecular flexibility index (Phi) is 8.08. The van der Waals surface area contributed by atoms with E-state index in [1.807, 2.05) is 110 Å². The van der Waals surface area contributed by atoms with Gasteiger partial charge >= 0.3 is 0 Å². The van der Waals surface area contributed by atoms with Gasteiger partial charge in [-0.05, 0) is 29.7 Å². The first kappa shape index (κ1) is 20.4. The summed E-state index contributed by atoms with van der Waals surface area (Å²) in [6.07, 6.45) is 3.91. The van der Waals surface area contributed by atoms with Crippen LogP contribution < -0.4 is 11.0 Å². The maximum Gasteiger partial charge on any atom is 0.0996 e. The number of hydroxylamine groups is 2. The highest BCUT2D eigenvalue weighted by Gasteiger charge is 2.04. The molecule has 0 aromatic heterocycles. The molecule has 0 fully saturated rings. The summed E-state index contributed by atoms with van der Waals surface area (Å²) in [5.41, 5.74) is 11.0. The summed E-state index contributed by atoms with van der Waals surface area (Å²) >= 11 is 0. The molecule has 0 spiro atoms. The third kappa shape index (κ3) is 6.96. The Morgan fingerprint density at radius 2 is 1.17 bits per heavy atom. The van der Waals surface area contributed by atoms with Gasteiger partial charge in [0.15, 0.2) is 0 Å². The van der Waals surface area contributed by atoms with Gasteiger partial charge in [-0.15, -0.1) is 0 Å². The van der Waals surface area contributed by atoms with E-state index in [2.05, 4.69) is 11.0 Å². The molecule has 29 heavy (non-hydrogen) atoms. The molecule has 0 saturated heterocycles. The number of rotatable bonds is 10. The maximum atomic E-state index is 5.74. The van der Waals surface area contributed by atoms with E-state index in [-0.39, 0.29) is 0 Å². The van der Waals surface area contributed by atoms with Crippen LogP contribution in [0.25, 0.3) is 5.70 Å². The fourth-order valence-electron chi connectivity index (χ4n) is 2.67. The summed E-state index contributed by atoms with van der Waals surface area (Å²) in [6.45, 7) is 2.90. The van der Waals surface area contributed by atoms with Crippen LogP contribution in [0.4, 0.5) is 0 Å². The SMILES string of the molecule is CC=C(C=C(NOCc1ccccc1)c1ccccc1)NOCc1ccccc1. The Balaban J connectivity index is 1.64. The van der Waals surface area contributed by atoms with Gasteiger partial charge < -0.3 is 0 Å². The van der Waals surface area contributed by atoms with Gasteiger partial charge in [0.05, 0.1) is 24.6 Å². The zero-order valence-electron chi connectivity index (χ0n) is 16.5. The molecule has 0 aliphatic rings. The molecule has 0 unspecified atom stereocenters. The lowest BCUT2D eigenvalue weighted by molar-refractivity contribution is 0.0508. The van der Waals surface area contributed by atoms with E-state index in [1.54, 1.807) is 0 Å². The Labute approximate surface area is 172 Å². The third-order valence-corrected chi connectivity index (χ3v) is 4.23. The van der Waals surface area contributed by atoms with E-state index in [0.29, 0.717) is 13.2 Å². The Morgan fingerprint density at radius 3 is 1.69 bits per heavy atom. The topological polar surface area (TPSA) is 42.5 Å². The number of hydrogen-bond acceptors (Lipinski definition) is 4. The summed E-state index contributed by atoms with van der Waals surface area (Å²) in [6, 6.07) is 30.1. The fraction of sp³-hybridized carbons (Fsp3) is 0.120. The second-order valence-electron chi connectivity index (χ2n) is 6.42. The number of hydrogen-bond donors (Lipinski definition) is 2. The smallest absolute Gasteiger partial charge is 0.0996 e. The lowest BCUT2D eigenvalue weighted by atomic mass is 10.1. The predicted octanol–water partition coefficient (Wildman–Crippen LogP) is 5.37. The van der Waals surface area contributed by atoms with E-state index >= 15 is 0 Å². The van der Waals surface area contributed by atoms with Crippen LogP contribution in [0, 0.1) is 0 Å². The van der Waals surface area contributed by atoms with Crippen molar-refractivity contribution in [1.82, 2.24) is 11.0 Å². The molecule has 0 amide bonds. The van der Waals surface area contributed by atoms with Crippen molar-refractivity contribution in [2.75, 3.05) is 0 Å². The molecular formula is C25H26N2O2. The summed E-state index contributed by atoms with van der Waals surface area (Å²) in [7, 11) is 0. The van der Waals surface area contributed by atoms with E-state index in [4.69, 9.17) is 9.68 Å². The van der Waals surface area contributed by atoms with Gasteiger partial charge in [-0.1, -0.05) is 97.1 Å². The molecule has 0 bridgehead atoms. The van der Waals surface area contributed by atoms with Crippen molar-refractivity contribution in [2.45, 2.75) is 20.1 Å². The monoisotopic (exact) mass is 386 g/mol. The second kappa shape index (κ2) is 11.5. The minimum atomic E-state index is 0.466. The van der Waals surface area contributed by atoms with Crippen LogP contribution in [0.1, 0.15) is 23.6 Å². The summed E-state index contributed by atoms with van der Waals surface area (Å²) in [4.78, 5) is 11.4. The van der Waals surface area contributed by atoms with Crippen molar-refractivity contribution in [3.8, 4) is 0 Å². The first-order valence-electron chi connectivity index (χ1n) is 9.62. The molecule has 0 atom stereocenters. The van der Waals surface area contributed by atoms with Gasteiger partial charge in [0.25, 0.3) is 0 Å². The molecule has 0 aliphatic heterocycles. The van der Waals surface area contributed by atoms with Crippen LogP contribution in [0.3, 0.4) is 0 Å². The molecule has 0 saturated carbocycles. The lowest BCUT2D eigenvalue weighted by Crippen LogP contribution is -2.17. The first-order valence-corrected chi connectivity index (χ1v) is 9.62. The van der Waals surface area contributed by atoms with E-state index < -0.39 is 0 Å². The van der Waals surface area contributed by atoms with Gasteiger partial charge in [-0.25, -0.2) is 0 Å². The molecule has 3 rings (SSSR count). The highest BCUT2D eigenvalue weighted by Crippen LogP contribution is 2.14. The molecule has 0 heterocycles. The largest absolute Gasteiger partial charge is 0.271 e. The minimum Gasteiger partial charge on any atom is -0.271 e. The average Bonchev–Trinajstić information content (AvgIpc) is 2.79. The van der Waals surface area contributed by atoms with Crippen molar-refractivity contribution in [2.24, 2.45) is 0 Å². The zero-order valence-corrected chi connectivity index (χ0v) is 16.5. The van der Waals surface area contributed by atoms with Gasteiger partial charge in [0, 0.05) is 0 Å². The van der Waals surface area contributed by atoms with Gasteiger partial charge in [0.1, 0.15) is 0 Å². The highest BCUT2D eigenvalue weighted by atomic mass is 16.6. The summed E-state index contributed by atoms with van der Waals surface area (Å²) in [5.74, 6) is 0. The van der Waals surface area contributed by atoms with Crippen LogP contribution in [0.15, 0.2) is 109 Å². The van der Waals surface area contributed by atoms with Crippen molar-refractivity contribution in [3.05, 3.63) is 126 Å².